The molecule has 0 spiro atoms. The molecule has 2 N–H and O–H groups in total. The number of nitrogens with one attached hydrogen (secondary N) is 2. The highest BCUT2D eigenvalue weighted by Crippen LogP contribution is 2.26. The second kappa shape index (κ2) is 6.91. The smallest absolute Gasteiger partial charge is 0.326 e. The molecule has 0 radical (unpaired) electrons. The highest BCUT2D eigenvalue weighted by Gasteiger charge is 2.35. The Morgan fingerprint density at radius 1 is 1.63 bits per heavy atom. The van der Waals surface area contributed by atoms with Gasteiger partial charge in [-0.2, -0.15) is 0 Å². The van der Waals surface area contributed by atoms with Crippen molar-refractivity contribution < 1.29 is 9.53 Å². The van der Waals surface area contributed by atoms with Gasteiger partial charge in [-0.25, -0.2) is 4.98 Å². The molecule has 108 valence electrons. The number of esters is 1. The van der Waals surface area contributed by atoms with E-state index >= 15 is 0 Å². The molecule has 0 fully saturated rings. The number of H-pyrrole nitrogens is 1. The molecule has 0 aromatic carbocycles. The van der Waals surface area contributed by atoms with Crippen molar-refractivity contribution in [1.29, 1.82) is 0 Å². The Labute approximate surface area is 118 Å². The van der Waals surface area contributed by atoms with Gasteiger partial charge in [-0.1, -0.05) is 18.7 Å². The van der Waals surface area contributed by atoms with Gasteiger partial charge < -0.3 is 10.1 Å². The fraction of sp³-hybridized carbons (Fsp3) is 0.750. The Hall–Kier alpha value is -1.08. The Kier molecular flexibility index (Phi) is 5.81. The second-order valence-electron chi connectivity index (χ2n) is 4.64. The van der Waals surface area contributed by atoms with E-state index in [0.29, 0.717) is 18.2 Å². The molecule has 0 amide bonds. The minimum Gasteiger partial charge on any atom is -0.465 e. The molecule has 19 heavy (non-hydrogen) atoms. The summed E-state index contributed by atoms with van der Waals surface area (Å²) < 4.78 is 5.11. The average Bonchev–Trinajstić information content (AvgIpc) is 2.74. The number of rotatable bonds is 7. The standard InChI is InChI=1S/C12H22N4O2S/c1-6-18-10(17)12(4,13-5)7-8(2)19-11-14-9(3)15-16-11/h8,13H,6-7H2,1-5H3,(H,14,15,16). The molecule has 0 aliphatic rings. The highest BCUT2D eigenvalue weighted by atomic mass is 32.2. The molecule has 2 atom stereocenters. The van der Waals surface area contributed by atoms with Crippen LogP contribution in [0.3, 0.4) is 0 Å². The Bertz CT molecular complexity index is 424. The van der Waals surface area contributed by atoms with Gasteiger partial charge in [0, 0.05) is 5.25 Å². The predicted octanol–water partition coefficient (Wildman–Crippen LogP) is 1.53. The Morgan fingerprint density at radius 2 is 2.32 bits per heavy atom. The molecule has 7 heteroatoms. The van der Waals surface area contributed by atoms with Crippen LogP contribution < -0.4 is 5.32 Å². The summed E-state index contributed by atoms with van der Waals surface area (Å²) in [6.45, 7) is 7.95. The van der Waals surface area contributed by atoms with Crippen LogP contribution >= 0.6 is 11.8 Å². The van der Waals surface area contributed by atoms with E-state index in [1.54, 1.807) is 18.8 Å². The van der Waals surface area contributed by atoms with Crippen LogP contribution in [-0.2, 0) is 9.53 Å². The predicted molar refractivity (Wildman–Crippen MR) is 75.2 cm³/mol. The van der Waals surface area contributed by atoms with Gasteiger partial charge in [-0.05, 0) is 34.2 Å². The van der Waals surface area contributed by atoms with Gasteiger partial charge in [0.2, 0.25) is 5.16 Å². The number of ether oxygens (including phenoxy) is 1. The molecule has 1 rings (SSSR count). The molecule has 1 aromatic heterocycles. The number of aromatic amines is 1. The van der Waals surface area contributed by atoms with E-state index in [1.165, 1.54) is 0 Å². The summed E-state index contributed by atoms with van der Waals surface area (Å²) in [7, 11) is 1.77. The largest absolute Gasteiger partial charge is 0.465 e. The van der Waals surface area contributed by atoms with E-state index in [-0.39, 0.29) is 11.2 Å². The quantitative estimate of drug-likeness (QED) is 0.584. The zero-order valence-electron chi connectivity index (χ0n) is 12.1. The lowest BCUT2D eigenvalue weighted by molar-refractivity contribution is -0.150. The molecular formula is C12H22N4O2S. The summed E-state index contributed by atoms with van der Waals surface area (Å²) in [6, 6.07) is 0. The summed E-state index contributed by atoms with van der Waals surface area (Å²) in [4.78, 5) is 16.2. The van der Waals surface area contributed by atoms with Crippen molar-refractivity contribution in [3.8, 4) is 0 Å². The fourth-order valence-electron chi connectivity index (χ4n) is 1.75. The van der Waals surface area contributed by atoms with Gasteiger partial charge in [0.1, 0.15) is 11.4 Å². The van der Waals surface area contributed by atoms with Crippen molar-refractivity contribution >= 4 is 17.7 Å². The van der Waals surface area contributed by atoms with Crippen LogP contribution in [0.15, 0.2) is 5.16 Å². The summed E-state index contributed by atoms with van der Waals surface area (Å²) in [6.07, 6.45) is 0.639. The number of carbonyl (C=O) groups excluding carboxylic acids is 1. The van der Waals surface area contributed by atoms with Crippen molar-refractivity contribution in [3.63, 3.8) is 0 Å². The van der Waals surface area contributed by atoms with E-state index in [4.69, 9.17) is 4.74 Å². The Balaban J connectivity index is 2.62. The monoisotopic (exact) mass is 286 g/mol. The molecule has 1 aromatic rings. The van der Waals surface area contributed by atoms with Gasteiger partial charge in [0.15, 0.2) is 0 Å². The molecular weight excluding hydrogens is 264 g/mol. The lowest BCUT2D eigenvalue weighted by Gasteiger charge is -2.28. The van der Waals surface area contributed by atoms with Crippen LogP contribution in [0.2, 0.25) is 0 Å². The SMILES string of the molecule is CCOC(=O)C(C)(CC(C)Sc1n[nH]c(C)n1)NC. The lowest BCUT2D eigenvalue weighted by atomic mass is 9.96. The fourth-order valence-corrected chi connectivity index (χ4v) is 2.81. The van der Waals surface area contributed by atoms with Gasteiger partial charge in [0.05, 0.1) is 6.61 Å². The molecule has 0 saturated carbocycles. The maximum Gasteiger partial charge on any atom is 0.326 e. The number of hydrogen-bond acceptors (Lipinski definition) is 6. The normalized spacial score (nSPS) is 15.8. The summed E-state index contributed by atoms with van der Waals surface area (Å²) in [5.41, 5.74) is -0.687. The minimum atomic E-state index is -0.687. The van der Waals surface area contributed by atoms with Crippen LogP contribution in [0.4, 0.5) is 0 Å². The zero-order valence-corrected chi connectivity index (χ0v) is 12.9. The number of hydrogen-bond donors (Lipinski definition) is 2. The van der Waals surface area contributed by atoms with E-state index in [0.717, 1.165) is 5.82 Å². The van der Waals surface area contributed by atoms with E-state index in [2.05, 4.69) is 20.5 Å². The van der Waals surface area contributed by atoms with Crippen molar-refractivity contribution in [3.05, 3.63) is 5.82 Å². The van der Waals surface area contributed by atoms with E-state index in [9.17, 15) is 4.79 Å². The maximum absolute atomic E-state index is 12.0. The molecule has 2 unspecified atom stereocenters. The zero-order chi connectivity index (χ0) is 14.5. The molecule has 1 heterocycles. The van der Waals surface area contributed by atoms with Crippen LogP contribution in [-0.4, -0.2) is 45.6 Å². The van der Waals surface area contributed by atoms with Crippen LogP contribution in [0, 0.1) is 6.92 Å². The van der Waals surface area contributed by atoms with Gasteiger partial charge >= 0.3 is 5.97 Å². The first-order chi connectivity index (χ1) is 8.91. The third kappa shape index (κ3) is 4.50. The molecule has 0 bridgehead atoms. The number of nitrogens with zero attached hydrogens (tertiary/aromatic N) is 2. The lowest BCUT2D eigenvalue weighted by Crippen LogP contribution is -2.50. The number of aryl methyl sites for hydroxylation is 1. The van der Waals surface area contributed by atoms with Crippen LogP contribution in [0.25, 0.3) is 0 Å². The minimum absolute atomic E-state index is 0.192. The van der Waals surface area contributed by atoms with Crippen LogP contribution in [0.5, 0.6) is 0 Å². The van der Waals surface area contributed by atoms with Gasteiger partial charge in [0.25, 0.3) is 0 Å². The van der Waals surface area contributed by atoms with E-state index in [1.807, 2.05) is 27.7 Å². The number of carbonyl (C=O) groups is 1. The number of aromatic nitrogens is 3. The summed E-state index contributed by atoms with van der Waals surface area (Å²) >= 11 is 1.54. The molecule has 0 aliphatic heterocycles. The van der Waals surface area contributed by atoms with Crippen molar-refractivity contribution in [1.82, 2.24) is 20.5 Å². The molecule has 0 saturated heterocycles. The van der Waals surface area contributed by atoms with Crippen molar-refractivity contribution in [2.75, 3.05) is 13.7 Å². The third-order valence-electron chi connectivity index (χ3n) is 2.86. The number of thioether (sulfide) groups is 1. The van der Waals surface area contributed by atoms with Crippen molar-refractivity contribution in [2.24, 2.45) is 0 Å². The molecule has 0 aliphatic carbocycles. The van der Waals surface area contributed by atoms with Gasteiger partial charge in [-0.15, -0.1) is 5.10 Å². The average molecular weight is 286 g/mol. The maximum atomic E-state index is 12.0. The summed E-state index contributed by atoms with van der Waals surface area (Å²) in [5, 5.41) is 10.8. The van der Waals surface area contributed by atoms with Crippen LogP contribution in [0.1, 0.15) is 33.0 Å². The highest BCUT2D eigenvalue weighted by molar-refractivity contribution is 7.99. The van der Waals surface area contributed by atoms with Gasteiger partial charge in [-0.3, -0.25) is 9.89 Å². The first-order valence-corrected chi connectivity index (χ1v) is 7.21. The topological polar surface area (TPSA) is 79.9 Å². The summed E-state index contributed by atoms with van der Waals surface area (Å²) in [5.74, 6) is 0.563. The Morgan fingerprint density at radius 3 is 2.79 bits per heavy atom. The molecule has 6 nitrogen and oxygen atoms in total. The third-order valence-corrected chi connectivity index (χ3v) is 3.82. The first kappa shape index (κ1) is 16.0. The van der Waals surface area contributed by atoms with E-state index < -0.39 is 5.54 Å². The first-order valence-electron chi connectivity index (χ1n) is 6.33. The van der Waals surface area contributed by atoms with Crippen molar-refractivity contribution in [2.45, 2.75) is 50.1 Å². The number of likely N-dealkylation sites (N-methyl/N-ethyl adjacent to an activating group) is 1. The second-order valence-corrected chi connectivity index (χ2v) is 6.04.